The zero-order valence-electron chi connectivity index (χ0n) is 10.7. The van der Waals surface area contributed by atoms with Crippen LogP contribution >= 0.6 is 11.8 Å². The van der Waals surface area contributed by atoms with Crippen molar-refractivity contribution in [2.45, 2.75) is 30.9 Å². The van der Waals surface area contributed by atoms with Crippen molar-refractivity contribution in [3.63, 3.8) is 0 Å². The van der Waals surface area contributed by atoms with Gasteiger partial charge in [0.1, 0.15) is 0 Å². The molecular formula is C12H19NO4S. The molecule has 0 aromatic rings. The van der Waals surface area contributed by atoms with Crippen LogP contribution in [0.15, 0.2) is 11.3 Å². The Morgan fingerprint density at radius 2 is 2.06 bits per heavy atom. The number of carbonyl (C=O) groups excluding carboxylic acids is 2. The van der Waals surface area contributed by atoms with Gasteiger partial charge >= 0.3 is 11.9 Å². The second kappa shape index (κ2) is 7.31. The molecule has 5 nitrogen and oxygen atoms in total. The molecular weight excluding hydrogens is 254 g/mol. The summed E-state index contributed by atoms with van der Waals surface area (Å²) in [4.78, 5) is 22.3. The molecule has 0 spiro atoms. The molecule has 102 valence electrons. The molecule has 0 aromatic carbocycles. The molecule has 0 aliphatic carbocycles. The predicted octanol–water partition coefficient (Wildman–Crippen LogP) is 1.22. The van der Waals surface area contributed by atoms with E-state index in [1.54, 1.807) is 11.8 Å². The molecule has 1 rings (SSSR count). The molecule has 1 aliphatic rings. The van der Waals surface area contributed by atoms with E-state index in [2.05, 4.69) is 9.47 Å². The Balaban J connectivity index is 2.34. The maximum absolute atomic E-state index is 11.4. The van der Waals surface area contributed by atoms with Gasteiger partial charge in [0, 0.05) is 23.1 Å². The van der Waals surface area contributed by atoms with E-state index in [9.17, 15) is 9.59 Å². The number of hydrogen-bond donors (Lipinski definition) is 1. The van der Waals surface area contributed by atoms with Crippen LogP contribution in [0.3, 0.4) is 0 Å². The smallest absolute Gasteiger partial charge is 0.336 e. The molecule has 0 fully saturated rings. The average Bonchev–Trinajstić information content (AvgIpc) is 2.75. The molecule has 1 atom stereocenters. The molecule has 18 heavy (non-hydrogen) atoms. The summed E-state index contributed by atoms with van der Waals surface area (Å²) in [5, 5.41) is 0.164. The van der Waals surface area contributed by atoms with Crippen molar-refractivity contribution in [1.29, 1.82) is 0 Å². The molecule has 0 bridgehead atoms. The third-order valence-electron chi connectivity index (χ3n) is 2.88. The average molecular weight is 273 g/mol. The van der Waals surface area contributed by atoms with E-state index >= 15 is 0 Å². The largest absolute Gasteiger partial charge is 0.469 e. The zero-order chi connectivity index (χ0) is 13.5. The lowest BCUT2D eigenvalue weighted by Gasteiger charge is -2.10. The Bertz CT molecular complexity index is 354. The van der Waals surface area contributed by atoms with E-state index in [1.165, 1.54) is 14.2 Å². The van der Waals surface area contributed by atoms with Crippen LogP contribution in [0.4, 0.5) is 0 Å². The Morgan fingerprint density at radius 3 is 2.67 bits per heavy atom. The van der Waals surface area contributed by atoms with E-state index in [-0.39, 0.29) is 17.2 Å². The van der Waals surface area contributed by atoms with Crippen LogP contribution in [0.1, 0.15) is 25.7 Å². The highest BCUT2D eigenvalue weighted by Gasteiger charge is 2.28. The molecule has 0 saturated carbocycles. The van der Waals surface area contributed by atoms with Crippen molar-refractivity contribution < 1.29 is 19.1 Å². The molecule has 0 aromatic heterocycles. The highest BCUT2D eigenvalue weighted by molar-refractivity contribution is 8.00. The summed E-state index contributed by atoms with van der Waals surface area (Å²) < 4.78 is 9.24. The van der Waals surface area contributed by atoms with E-state index in [0.29, 0.717) is 23.4 Å². The van der Waals surface area contributed by atoms with Crippen molar-refractivity contribution >= 4 is 23.7 Å². The number of unbranched alkanes of at least 4 members (excludes halogenated alkanes) is 1. The third-order valence-corrected chi connectivity index (χ3v) is 4.23. The molecule has 1 aliphatic heterocycles. The van der Waals surface area contributed by atoms with Gasteiger partial charge in [-0.3, -0.25) is 4.79 Å². The maximum Gasteiger partial charge on any atom is 0.336 e. The summed E-state index contributed by atoms with van der Waals surface area (Å²) in [5.41, 5.74) is 7.15. The number of thioether (sulfide) groups is 1. The number of hydrogen-bond acceptors (Lipinski definition) is 6. The molecule has 0 radical (unpaired) electrons. The van der Waals surface area contributed by atoms with Crippen molar-refractivity contribution in [2.24, 2.45) is 5.73 Å². The fourth-order valence-corrected chi connectivity index (χ4v) is 3.10. The molecule has 0 amide bonds. The minimum Gasteiger partial charge on any atom is -0.469 e. The number of carbonyl (C=O) groups is 2. The van der Waals surface area contributed by atoms with E-state index in [4.69, 9.17) is 5.73 Å². The van der Waals surface area contributed by atoms with Crippen molar-refractivity contribution in [3.05, 3.63) is 11.3 Å². The molecule has 1 heterocycles. The first-order valence-corrected chi connectivity index (χ1v) is 6.90. The van der Waals surface area contributed by atoms with Gasteiger partial charge in [0.05, 0.1) is 19.8 Å². The molecule has 6 heteroatoms. The topological polar surface area (TPSA) is 78.6 Å². The predicted molar refractivity (Wildman–Crippen MR) is 70.0 cm³/mol. The minimum absolute atomic E-state index is 0.164. The second-order valence-corrected chi connectivity index (χ2v) is 5.24. The third kappa shape index (κ3) is 3.94. The number of ether oxygens (including phenoxy) is 2. The highest BCUT2D eigenvalue weighted by atomic mass is 32.2. The summed E-state index contributed by atoms with van der Waals surface area (Å²) in [5.74, 6) is 0.0880. The molecule has 2 N–H and O–H groups in total. The second-order valence-electron chi connectivity index (χ2n) is 4.05. The zero-order valence-corrected chi connectivity index (χ0v) is 11.5. The molecule has 1 unspecified atom stereocenters. The van der Waals surface area contributed by atoms with Crippen LogP contribution < -0.4 is 5.73 Å². The fourth-order valence-electron chi connectivity index (χ4n) is 1.79. The van der Waals surface area contributed by atoms with Gasteiger partial charge in [0.25, 0.3) is 0 Å². The van der Waals surface area contributed by atoms with Gasteiger partial charge in [-0.2, -0.15) is 0 Å². The van der Waals surface area contributed by atoms with Gasteiger partial charge in [0.15, 0.2) is 0 Å². The summed E-state index contributed by atoms with van der Waals surface area (Å²) in [6.45, 7) is 0. The summed E-state index contributed by atoms with van der Waals surface area (Å²) in [7, 11) is 2.75. The number of nitrogens with two attached hydrogens (primary N) is 1. The Labute approximate surface area is 111 Å². The van der Waals surface area contributed by atoms with E-state index in [1.807, 2.05) is 0 Å². The molecule has 0 saturated heterocycles. The van der Waals surface area contributed by atoms with Gasteiger partial charge in [-0.25, -0.2) is 4.79 Å². The lowest BCUT2D eigenvalue weighted by atomic mass is 10.1. The Hall–Kier alpha value is -1.17. The van der Waals surface area contributed by atoms with Crippen LogP contribution in [0.5, 0.6) is 0 Å². The van der Waals surface area contributed by atoms with Gasteiger partial charge in [-0.15, -0.1) is 11.8 Å². The summed E-state index contributed by atoms with van der Waals surface area (Å²) in [6, 6.07) is 0. The summed E-state index contributed by atoms with van der Waals surface area (Å²) >= 11 is 1.65. The Morgan fingerprint density at radius 1 is 1.33 bits per heavy atom. The Kier molecular flexibility index (Phi) is 6.04. The maximum atomic E-state index is 11.4. The first-order chi connectivity index (χ1) is 8.60. The van der Waals surface area contributed by atoms with Gasteiger partial charge < -0.3 is 15.2 Å². The standard InChI is InChI=1S/C12H19NO4S/c1-16-10(14)6-4-3-5-9-11(13)8(7-18-9)12(15)17-2/h9H,3-7,13H2,1-2H3. The van der Waals surface area contributed by atoms with Gasteiger partial charge in [-0.05, 0) is 12.8 Å². The minimum atomic E-state index is -0.336. The summed E-state index contributed by atoms with van der Waals surface area (Å²) in [6.07, 6.45) is 2.97. The van der Waals surface area contributed by atoms with Gasteiger partial charge in [-0.1, -0.05) is 6.42 Å². The van der Waals surface area contributed by atoms with Crippen molar-refractivity contribution in [3.8, 4) is 0 Å². The lowest BCUT2D eigenvalue weighted by molar-refractivity contribution is -0.140. The first kappa shape index (κ1) is 14.9. The van der Waals surface area contributed by atoms with E-state index < -0.39 is 0 Å². The SMILES string of the molecule is COC(=O)CCCCC1SCC(C(=O)OC)=C1N. The van der Waals surface area contributed by atoms with E-state index in [0.717, 1.165) is 19.3 Å². The van der Waals surface area contributed by atoms with Crippen LogP contribution in [0.2, 0.25) is 0 Å². The monoisotopic (exact) mass is 273 g/mol. The normalized spacial score (nSPS) is 18.9. The first-order valence-electron chi connectivity index (χ1n) is 5.85. The van der Waals surface area contributed by atoms with Crippen LogP contribution in [-0.2, 0) is 19.1 Å². The fraction of sp³-hybridized carbons (Fsp3) is 0.667. The van der Waals surface area contributed by atoms with Crippen LogP contribution in [-0.4, -0.2) is 37.2 Å². The quantitative estimate of drug-likeness (QED) is 0.579. The van der Waals surface area contributed by atoms with Crippen molar-refractivity contribution in [1.82, 2.24) is 0 Å². The number of rotatable bonds is 6. The van der Waals surface area contributed by atoms with Crippen LogP contribution in [0.25, 0.3) is 0 Å². The number of esters is 2. The van der Waals surface area contributed by atoms with Gasteiger partial charge in [0.2, 0.25) is 0 Å². The number of methoxy groups -OCH3 is 2. The lowest BCUT2D eigenvalue weighted by Crippen LogP contribution is -2.15. The van der Waals surface area contributed by atoms with Crippen LogP contribution in [0, 0.1) is 0 Å². The highest BCUT2D eigenvalue weighted by Crippen LogP contribution is 2.33. The van der Waals surface area contributed by atoms with Crippen molar-refractivity contribution in [2.75, 3.05) is 20.0 Å².